The Balaban J connectivity index is 1.42. The van der Waals surface area contributed by atoms with E-state index in [2.05, 4.69) is 10.4 Å². The van der Waals surface area contributed by atoms with E-state index in [9.17, 15) is 9.59 Å². The van der Waals surface area contributed by atoms with Crippen LogP contribution >= 0.6 is 11.3 Å². The van der Waals surface area contributed by atoms with Crippen LogP contribution in [0.2, 0.25) is 0 Å². The standard InChI is InChI=1S/C20H22N4O3S/c1-14-16-13-17(28-20(16)24(22-14)15-5-3-2-4-6-15)19(26)21-8-7-18(25)23-9-11-27-12-10-23/h2-6,13H,7-12H2,1H3,(H,21,26). The lowest BCUT2D eigenvalue weighted by Crippen LogP contribution is -2.41. The SMILES string of the molecule is Cc1nn(-c2ccccc2)c2sc(C(=O)NCCC(=O)N3CCOCC3)cc12. The Morgan fingerprint density at radius 1 is 1.21 bits per heavy atom. The molecule has 7 nitrogen and oxygen atoms in total. The van der Waals surface area contributed by atoms with Crippen LogP contribution in [0.4, 0.5) is 0 Å². The van der Waals surface area contributed by atoms with Crippen molar-refractivity contribution >= 4 is 33.4 Å². The molecule has 0 bridgehead atoms. The van der Waals surface area contributed by atoms with E-state index in [0.717, 1.165) is 21.6 Å². The first-order chi connectivity index (χ1) is 13.6. The molecular formula is C20H22N4O3S. The summed E-state index contributed by atoms with van der Waals surface area (Å²) in [6.07, 6.45) is 0.299. The molecule has 146 valence electrons. The number of fused-ring (bicyclic) bond motifs is 1. The van der Waals surface area contributed by atoms with Gasteiger partial charge in [-0.05, 0) is 25.1 Å². The minimum atomic E-state index is -0.157. The van der Waals surface area contributed by atoms with E-state index in [1.54, 1.807) is 4.90 Å². The van der Waals surface area contributed by atoms with Gasteiger partial charge in [0.2, 0.25) is 5.91 Å². The summed E-state index contributed by atoms with van der Waals surface area (Å²) in [7, 11) is 0. The third kappa shape index (κ3) is 3.79. The normalized spacial score (nSPS) is 14.4. The molecular weight excluding hydrogens is 376 g/mol. The summed E-state index contributed by atoms with van der Waals surface area (Å²) >= 11 is 1.41. The maximum Gasteiger partial charge on any atom is 0.261 e. The van der Waals surface area contributed by atoms with Crippen LogP contribution in [-0.2, 0) is 9.53 Å². The number of morpholine rings is 1. The van der Waals surface area contributed by atoms with Crippen molar-refractivity contribution < 1.29 is 14.3 Å². The van der Waals surface area contributed by atoms with Crippen LogP contribution in [0.1, 0.15) is 21.8 Å². The molecule has 1 aliphatic rings. The highest BCUT2D eigenvalue weighted by Crippen LogP contribution is 2.30. The second-order valence-corrected chi connectivity index (χ2v) is 7.69. The van der Waals surface area contributed by atoms with Gasteiger partial charge in [-0.1, -0.05) is 18.2 Å². The summed E-state index contributed by atoms with van der Waals surface area (Å²) in [5.41, 5.74) is 1.85. The second-order valence-electron chi connectivity index (χ2n) is 6.66. The van der Waals surface area contributed by atoms with Gasteiger partial charge in [-0.25, -0.2) is 4.68 Å². The Bertz CT molecular complexity index is 990. The third-order valence-electron chi connectivity index (χ3n) is 4.76. The number of amides is 2. The van der Waals surface area contributed by atoms with Crippen LogP contribution in [0.15, 0.2) is 36.4 Å². The van der Waals surface area contributed by atoms with Crippen molar-refractivity contribution in [3.05, 3.63) is 47.0 Å². The molecule has 28 heavy (non-hydrogen) atoms. The quantitative estimate of drug-likeness (QED) is 0.716. The molecule has 0 aliphatic carbocycles. The number of rotatable bonds is 5. The fraction of sp³-hybridized carbons (Fsp3) is 0.350. The minimum absolute atomic E-state index is 0.0514. The summed E-state index contributed by atoms with van der Waals surface area (Å²) in [6.45, 7) is 4.68. The van der Waals surface area contributed by atoms with Crippen molar-refractivity contribution in [1.82, 2.24) is 20.0 Å². The van der Waals surface area contributed by atoms with Crippen molar-refractivity contribution in [3.63, 3.8) is 0 Å². The first-order valence-corrected chi connectivity index (χ1v) is 10.1. The number of hydrogen-bond donors (Lipinski definition) is 1. The number of aryl methyl sites for hydroxylation is 1. The van der Waals surface area contributed by atoms with Gasteiger partial charge >= 0.3 is 0 Å². The molecule has 1 aliphatic heterocycles. The highest BCUT2D eigenvalue weighted by atomic mass is 32.1. The Morgan fingerprint density at radius 2 is 1.96 bits per heavy atom. The number of carbonyl (C=O) groups is 2. The number of aromatic nitrogens is 2. The van der Waals surface area contributed by atoms with Crippen molar-refractivity contribution in [2.24, 2.45) is 0 Å². The third-order valence-corrected chi connectivity index (χ3v) is 5.87. The van der Waals surface area contributed by atoms with Crippen molar-refractivity contribution in [2.75, 3.05) is 32.8 Å². The lowest BCUT2D eigenvalue weighted by Gasteiger charge is -2.26. The zero-order valence-corrected chi connectivity index (χ0v) is 16.5. The Labute approximate surface area is 166 Å². The average Bonchev–Trinajstić information content (AvgIpc) is 3.30. The maximum atomic E-state index is 12.6. The van der Waals surface area contributed by atoms with Gasteiger partial charge in [0, 0.05) is 31.4 Å². The molecule has 0 unspecified atom stereocenters. The average molecular weight is 398 g/mol. The predicted octanol–water partition coefficient (Wildman–Crippen LogP) is 2.37. The summed E-state index contributed by atoms with van der Waals surface area (Å²) < 4.78 is 7.12. The molecule has 0 radical (unpaired) electrons. The fourth-order valence-electron chi connectivity index (χ4n) is 3.24. The Kier molecular flexibility index (Phi) is 5.40. The van der Waals surface area contributed by atoms with Gasteiger partial charge in [0.1, 0.15) is 4.83 Å². The highest BCUT2D eigenvalue weighted by Gasteiger charge is 2.19. The van der Waals surface area contributed by atoms with Crippen LogP contribution in [0.5, 0.6) is 0 Å². The number of benzene rings is 1. The van der Waals surface area contributed by atoms with Crippen LogP contribution in [0, 0.1) is 6.92 Å². The van der Waals surface area contributed by atoms with Gasteiger partial charge in [0.15, 0.2) is 0 Å². The molecule has 3 aromatic rings. The number of carbonyl (C=O) groups excluding carboxylic acids is 2. The smallest absolute Gasteiger partial charge is 0.261 e. The van der Waals surface area contributed by atoms with Crippen LogP contribution in [0.3, 0.4) is 0 Å². The molecule has 2 aromatic heterocycles. The molecule has 8 heteroatoms. The largest absolute Gasteiger partial charge is 0.378 e. The number of nitrogens with one attached hydrogen (secondary N) is 1. The van der Waals surface area contributed by atoms with Crippen molar-refractivity contribution in [1.29, 1.82) is 0 Å². The molecule has 0 saturated carbocycles. The van der Waals surface area contributed by atoms with Gasteiger partial charge in [0.25, 0.3) is 5.91 Å². The molecule has 0 atom stereocenters. The first-order valence-electron chi connectivity index (χ1n) is 9.32. The zero-order chi connectivity index (χ0) is 19.5. The summed E-state index contributed by atoms with van der Waals surface area (Å²) in [4.78, 5) is 28.1. The molecule has 1 aromatic carbocycles. The molecule has 1 N–H and O–H groups in total. The number of hydrogen-bond acceptors (Lipinski definition) is 5. The fourth-order valence-corrected chi connectivity index (χ4v) is 4.34. The van der Waals surface area contributed by atoms with Crippen LogP contribution < -0.4 is 5.32 Å². The lowest BCUT2D eigenvalue weighted by molar-refractivity contribution is -0.135. The molecule has 1 saturated heterocycles. The van der Waals surface area contributed by atoms with Crippen molar-refractivity contribution in [2.45, 2.75) is 13.3 Å². The lowest BCUT2D eigenvalue weighted by atomic mass is 10.3. The van der Waals surface area contributed by atoms with E-state index in [1.807, 2.05) is 48.0 Å². The number of para-hydroxylation sites is 1. The Morgan fingerprint density at radius 3 is 2.71 bits per heavy atom. The van der Waals surface area contributed by atoms with Gasteiger partial charge in [0.05, 0.1) is 29.5 Å². The molecule has 2 amide bonds. The summed E-state index contributed by atoms with van der Waals surface area (Å²) in [5, 5.41) is 8.43. The van der Waals surface area contributed by atoms with E-state index in [4.69, 9.17) is 4.74 Å². The monoisotopic (exact) mass is 398 g/mol. The maximum absolute atomic E-state index is 12.6. The Hall–Kier alpha value is -2.71. The van der Waals surface area contributed by atoms with Crippen LogP contribution in [-0.4, -0.2) is 59.3 Å². The van der Waals surface area contributed by atoms with E-state index >= 15 is 0 Å². The van der Waals surface area contributed by atoms with E-state index in [1.165, 1.54) is 11.3 Å². The highest BCUT2D eigenvalue weighted by molar-refractivity contribution is 7.20. The van der Waals surface area contributed by atoms with Gasteiger partial charge < -0.3 is 15.0 Å². The van der Waals surface area contributed by atoms with Crippen LogP contribution in [0.25, 0.3) is 15.9 Å². The zero-order valence-electron chi connectivity index (χ0n) is 15.7. The van der Waals surface area contributed by atoms with Gasteiger partial charge in [-0.2, -0.15) is 5.10 Å². The van der Waals surface area contributed by atoms with Gasteiger partial charge in [-0.3, -0.25) is 9.59 Å². The predicted molar refractivity (Wildman–Crippen MR) is 108 cm³/mol. The molecule has 4 rings (SSSR count). The van der Waals surface area contributed by atoms with Crippen molar-refractivity contribution in [3.8, 4) is 5.69 Å². The number of thiophene rings is 1. The van der Waals surface area contributed by atoms with Gasteiger partial charge in [-0.15, -0.1) is 11.3 Å². The molecule has 3 heterocycles. The summed E-state index contributed by atoms with van der Waals surface area (Å²) in [6, 6.07) is 11.7. The van der Waals surface area contributed by atoms with E-state index in [0.29, 0.717) is 44.1 Å². The molecule has 0 spiro atoms. The van der Waals surface area contributed by atoms with E-state index in [-0.39, 0.29) is 11.8 Å². The topological polar surface area (TPSA) is 76.5 Å². The molecule has 1 fully saturated rings. The number of nitrogens with zero attached hydrogens (tertiary/aromatic N) is 3. The van der Waals surface area contributed by atoms with E-state index < -0.39 is 0 Å². The second kappa shape index (κ2) is 8.12. The summed E-state index contributed by atoms with van der Waals surface area (Å²) in [5.74, 6) is -0.106. The minimum Gasteiger partial charge on any atom is -0.378 e. The first kappa shape index (κ1) is 18.6. The number of ether oxygens (including phenoxy) is 1.